The fourth-order valence-electron chi connectivity index (χ4n) is 4.83. The van der Waals surface area contributed by atoms with Crippen LogP contribution in [-0.4, -0.2) is 33.5 Å². The maximum absolute atomic E-state index is 13.5. The monoisotopic (exact) mass is 442 g/mol. The third-order valence-corrected chi connectivity index (χ3v) is 8.20. The number of aryl methyl sites for hydroxylation is 1. The predicted octanol–water partition coefficient (Wildman–Crippen LogP) is 3.89. The molecule has 0 unspecified atom stereocenters. The molecule has 6 nitrogen and oxygen atoms in total. The third kappa shape index (κ3) is 4.71. The zero-order valence-corrected chi connectivity index (χ0v) is 18.9. The largest absolute Gasteiger partial charge is 0.494 e. The van der Waals surface area contributed by atoms with Gasteiger partial charge in [0.25, 0.3) is 10.0 Å². The molecule has 0 saturated heterocycles. The topological polar surface area (TPSA) is 75.7 Å². The highest BCUT2D eigenvalue weighted by atomic mass is 32.2. The molecule has 0 spiro atoms. The number of hydrogen-bond acceptors (Lipinski definition) is 4. The van der Waals surface area contributed by atoms with Crippen molar-refractivity contribution in [3.05, 3.63) is 54.1 Å². The summed E-state index contributed by atoms with van der Waals surface area (Å²) < 4.78 is 33.6. The lowest BCUT2D eigenvalue weighted by molar-refractivity contribution is -0.120. The molecule has 31 heavy (non-hydrogen) atoms. The molecule has 2 aromatic carbocycles. The van der Waals surface area contributed by atoms with Crippen LogP contribution in [0.2, 0.25) is 0 Å². The molecule has 2 aliphatic carbocycles. The first kappa shape index (κ1) is 21.7. The summed E-state index contributed by atoms with van der Waals surface area (Å²) in [6, 6.07) is 13.7. The van der Waals surface area contributed by atoms with E-state index in [1.54, 1.807) is 24.3 Å². The van der Waals surface area contributed by atoms with Gasteiger partial charge in [-0.05, 0) is 81.3 Å². The molecule has 0 aromatic heterocycles. The van der Waals surface area contributed by atoms with E-state index in [1.807, 2.05) is 26.0 Å². The van der Waals surface area contributed by atoms with Crippen molar-refractivity contribution in [3.63, 3.8) is 0 Å². The molecule has 0 radical (unpaired) electrons. The van der Waals surface area contributed by atoms with E-state index in [0.29, 0.717) is 29.9 Å². The second-order valence-corrected chi connectivity index (χ2v) is 10.5. The summed E-state index contributed by atoms with van der Waals surface area (Å²) in [5.41, 5.74) is 1.50. The second-order valence-electron chi connectivity index (χ2n) is 8.60. The summed E-state index contributed by atoms with van der Waals surface area (Å²) >= 11 is 0. The molecule has 0 aliphatic heterocycles. The normalized spacial score (nSPS) is 22.3. The Labute approximate surface area is 184 Å². The highest BCUT2D eigenvalue weighted by molar-refractivity contribution is 7.92. The van der Waals surface area contributed by atoms with Crippen molar-refractivity contribution in [2.24, 2.45) is 11.8 Å². The summed E-state index contributed by atoms with van der Waals surface area (Å²) in [4.78, 5) is 13.0. The van der Waals surface area contributed by atoms with Crippen molar-refractivity contribution < 1.29 is 17.9 Å². The highest BCUT2D eigenvalue weighted by Crippen LogP contribution is 2.44. The van der Waals surface area contributed by atoms with Gasteiger partial charge < -0.3 is 10.1 Å². The van der Waals surface area contributed by atoms with Crippen LogP contribution in [0.5, 0.6) is 5.75 Å². The van der Waals surface area contributed by atoms with Crippen molar-refractivity contribution in [1.82, 2.24) is 5.32 Å². The summed E-state index contributed by atoms with van der Waals surface area (Å²) in [6.07, 6.45) is 4.59. The number of nitrogens with zero attached hydrogens (tertiary/aromatic N) is 1. The molecule has 0 heterocycles. The fraction of sp³-hybridized carbons (Fsp3) is 0.458. The van der Waals surface area contributed by atoms with Gasteiger partial charge in [-0.2, -0.15) is 0 Å². The van der Waals surface area contributed by atoms with Gasteiger partial charge in [0.05, 0.1) is 17.2 Å². The first-order valence-electron chi connectivity index (χ1n) is 11.0. The van der Waals surface area contributed by atoms with E-state index in [0.717, 1.165) is 18.4 Å². The lowest BCUT2D eigenvalue weighted by Gasteiger charge is -2.27. The van der Waals surface area contributed by atoms with Crippen molar-refractivity contribution in [3.8, 4) is 5.75 Å². The van der Waals surface area contributed by atoms with E-state index in [2.05, 4.69) is 5.32 Å². The molecule has 3 atom stereocenters. The number of anilines is 1. The number of carbonyl (C=O) groups excluding carboxylic acids is 1. The van der Waals surface area contributed by atoms with Crippen LogP contribution in [0.1, 0.15) is 38.2 Å². The third-order valence-electron chi connectivity index (χ3n) is 6.42. The maximum Gasteiger partial charge on any atom is 0.264 e. The van der Waals surface area contributed by atoms with E-state index in [-0.39, 0.29) is 23.4 Å². The Morgan fingerprint density at radius 3 is 2.35 bits per heavy atom. The number of carbonyl (C=O) groups is 1. The molecule has 2 saturated carbocycles. The van der Waals surface area contributed by atoms with Crippen molar-refractivity contribution in [2.45, 2.75) is 50.5 Å². The van der Waals surface area contributed by atoms with E-state index < -0.39 is 10.0 Å². The van der Waals surface area contributed by atoms with Crippen LogP contribution in [0.15, 0.2) is 53.4 Å². The van der Waals surface area contributed by atoms with E-state index in [9.17, 15) is 13.2 Å². The van der Waals surface area contributed by atoms with Crippen molar-refractivity contribution >= 4 is 21.6 Å². The summed E-state index contributed by atoms with van der Waals surface area (Å²) in [5, 5.41) is 3.11. The minimum absolute atomic E-state index is 0.129. The molecular weight excluding hydrogens is 412 g/mol. The summed E-state index contributed by atoms with van der Waals surface area (Å²) in [7, 11) is -3.92. The smallest absolute Gasteiger partial charge is 0.264 e. The lowest BCUT2D eigenvalue weighted by atomic mass is 9.95. The van der Waals surface area contributed by atoms with Crippen LogP contribution in [0, 0.1) is 18.8 Å². The standard InChI is InChI=1S/C24H30N2O4S/c1-3-30-21-10-12-22(13-11-21)31(28,29)26(20-8-4-17(2)5-9-20)16-24(27)25-23-15-18-6-7-19(23)14-18/h4-5,8-13,18-19,23H,3,6-7,14-16H2,1-2H3,(H,25,27)/t18-,19+,23+/m1/s1. The highest BCUT2D eigenvalue weighted by Gasteiger charge is 2.40. The van der Waals surface area contributed by atoms with Gasteiger partial charge in [0.15, 0.2) is 0 Å². The number of ether oxygens (including phenoxy) is 1. The van der Waals surface area contributed by atoms with Gasteiger partial charge >= 0.3 is 0 Å². The van der Waals surface area contributed by atoms with Crippen LogP contribution >= 0.6 is 0 Å². The minimum Gasteiger partial charge on any atom is -0.494 e. The Bertz CT molecular complexity index is 1020. The number of amides is 1. The summed E-state index contributed by atoms with van der Waals surface area (Å²) in [5.74, 6) is 1.59. The number of sulfonamides is 1. The molecular formula is C24H30N2O4S. The second kappa shape index (κ2) is 8.91. The van der Waals surface area contributed by atoms with Crippen LogP contribution in [0.3, 0.4) is 0 Å². The van der Waals surface area contributed by atoms with Crippen LogP contribution in [0.25, 0.3) is 0 Å². The van der Waals surface area contributed by atoms with E-state index >= 15 is 0 Å². The molecule has 1 amide bonds. The fourth-order valence-corrected chi connectivity index (χ4v) is 6.25. The average molecular weight is 443 g/mol. The van der Waals surface area contributed by atoms with Gasteiger partial charge in [-0.15, -0.1) is 0 Å². The SMILES string of the molecule is CCOc1ccc(S(=O)(=O)N(CC(=O)N[C@H]2C[C@@H]3CC[C@H]2C3)c2ccc(C)cc2)cc1. The quantitative estimate of drug-likeness (QED) is 0.673. The van der Waals surface area contributed by atoms with Gasteiger partial charge in [-0.1, -0.05) is 24.1 Å². The van der Waals surface area contributed by atoms with Crippen LogP contribution < -0.4 is 14.4 Å². The Hall–Kier alpha value is -2.54. The number of benzene rings is 2. The van der Waals surface area contributed by atoms with Crippen LogP contribution in [0.4, 0.5) is 5.69 Å². The molecule has 166 valence electrons. The average Bonchev–Trinajstić information content (AvgIpc) is 3.37. The molecule has 2 aromatic rings. The Balaban J connectivity index is 1.57. The zero-order chi connectivity index (χ0) is 22.0. The first-order chi connectivity index (χ1) is 14.9. The van der Waals surface area contributed by atoms with Gasteiger partial charge in [0.1, 0.15) is 12.3 Å². The van der Waals surface area contributed by atoms with Crippen molar-refractivity contribution in [1.29, 1.82) is 0 Å². The predicted molar refractivity (Wildman–Crippen MR) is 121 cm³/mol. The lowest BCUT2D eigenvalue weighted by Crippen LogP contribution is -2.46. The number of nitrogens with one attached hydrogen (secondary N) is 1. The van der Waals surface area contributed by atoms with Gasteiger partial charge in [-0.25, -0.2) is 8.42 Å². The van der Waals surface area contributed by atoms with E-state index in [1.165, 1.54) is 29.3 Å². The molecule has 4 rings (SSSR count). The summed E-state index contributed by atoms with van der Waals surface area (Å²) in [6.45, 7) is 4.08. The van der Waals surface area contributed by atoms with Crippen LogP contribution in [-0.2, 0) is 14.8 Å². The Morgan fingerprint density at radius 2 is 1.77 bits per heavy atom. The first-order valence-corrected chi connectivity index (χ1v) is 12.4. The zero-order valence-electron chi connectivity index (χ0n) is 18.1. The van der Waals surface area contributed by atoms with Crippen molar-refractivity contribution in [2.75, 3.05) is 17.5 Å². The Morgan fingerprint density at radius 1 is 1.06 bits per heavy atom. The number of rotatable bonds is 8. The molecule has 2 bridgehead atoms. The number of fused-ring (bicyclic) bond motifs is 2. The minimum atomic E-state index is -3.92. The van der Waals surface area contributed by atoms with Gasteiger partial charge in [0.2, 0.25) is 5.91 Å². The van der Waals surface area contributed by atoms with Gasteiger partial charge in [-0.3, -0.25) is 9.10 Å². The molecule has 2 fully saturated rings. The molecule has 1 N–H and O–H groups in total. The maximum atomic E-state index is 13.5. The molecule has 7 heteroatoms. The van der Waals surface area contributed by atoms with Gasteiger partial charge in [0, 0.05) is 6.04 Å². The van der Waals surface area contributed by atoms with E-state index in [4.69, 9.17) is 4.74 Å². The Kier molecular flexibility index (Phi) is 6.23. The molecule has 2 aliphatic rings. The number of hydrogen-bond donors (Lipinski definition) is 1.